The summed E-state index contributed by atoms with van der Waals surface area (Å²) in [6.45, 7) is 3.02. The molecule has 4 rings (SSSR count). The van der Waals surface area contributed by atoms with Crippen LogP contribution in [-0.2, 0) is 19.5 Å². The molecule has 2 aliphatic heterocycles. The van der Waals surface area contributed by atoms with Gasteiger partial charge in [-0.3, -0.25) is 9.48 Å². The molecule has 2 aliphatic rings. The molecule has 0 saturated carbocycles. The quantitative estimate of drug-likeness (QED) is 0.701. The number of nitrogens with zero attached hydrogens (tertiary/aromatic N) is 4. The summed E-state index contributed by atoms with van der Waals surface area (Å²) in [7, 11) is 1.66. The van der Waals surface area contributed by atoms with Crippen LogP contribution in [0, 0.1) is 23.4 Å². The number of carbonyl (C=O) groups is 2. The maximum absolute atomic E-state index is 13.5. The summed E-state index contributed by atoms with van der Waals surface area (Å²) in [4.78, 5) is 28.7. The lowest BCUT2D eigenvalue weighted by Crippen LogP contribution is -2.40. The normalized spacial score (nSPS) is 19.3. The molecule has 0 radical (unpaired) electrons. The van der Waals surface area contributed by atoms with Crippen LogP contribution in [0.15, 0.2) is 12.1 Å². The summed E-state index contributed by atoms with van der Waals surface area (Å²) in [5.74, 6) is -4.82. The van der Waals surface area contributed by atoms with E-state index in [-0.39, 0.29) is 30.6 Å². The van der Waals surface area contributed by atoms with E-state index in [0.717, 1.165) is 0 Å². The number of hydrogen-bond acceptors (Lipinski definition) is 4. The minimum atomic E-state index is -1.61. The highest BCUT2D eigenvalue weighted by molar-refractivity contribution is 5.95. The summed E-state index contributed by atoms with van der Waals surface area (Å²) in [5.41, 5.74) is 1.49. The number of halogens is 3. The number of nitrogens with one attached hydrogen (secondary N) is 1. The topological polar surface area (TPSA) is 90.7 Å². The molecule has 2 atom stereocenters. The fourth-order valence-electron chi connectivity index (χ4n) is 4.27. The van der Waals surface area contributed by atoms with E-state index >= 15 is 0 Å². The molecule has 11 heteroatoms. The molecule has 2 N–H and O–H groups in total. The third-order valence-corrected chi connectivity index (χ3v) is 6.05. The standard InChI is InChI=1S/C21H24F3N5O3/c1-3-17(30)11-8-27(2)20(31)19-13-10-28(5-4-16(13)26-29(19)9-11)21(32)25-12-6-14(22)18(24)15(23)7-12/h6-7,11,17,30H,3-5,8-10H2,1-2H3,(H,25,32). The van der Waals surface area contributed by atoms with E-state index in [4.69, 9.17) is 0 Å². The number of aliphatic hydroxyl groups is 1. The minimum Gasteiger partial charge on any atom is -0.393 e. The molecule has 0 fully saturated rings. The van der Waals surface area contributed by atoms with Gasteiger partial charge in [0.2, 0.25) is 0 Å². The molecule has 172 valence electrons. The first kappa shape index (κ1) is 22.1. The van der Waals surface area contributed by atoms with Crippen LogP contribution in [0.1, 0.15) is 35.1 Å². The van der Waals surface area contributed by atoms with Crippen LogP contribution in [-0.4, -0.2) is 62.9 Å². The van der Waals surface area contributed by atoms with Gasteiger partial charge in [-0.15, -0.1) is 0 Å². The zero-order chi connectivity index (χ0) is 23.2. The minimum absolute atomic E-state index is 0.0865. The fourth-order valence-corrected chi connectivity index (χ4v) is 4.27. The molecular formula is C21H24F3N5O3. The lowest BCUT2D eigenvalue weighted by atomic mass is 10.0. The van der Waals surface area contributed by atoms with Crippen LogP contribution >= 0.6 is 0 Å². The van der Waals surface area contributed by atoms with E-state index in [1.54, 1.807) is 16.6 Å². The average molecular weight is 451 g/mol. The molecule has 1 aromatic heterocycles. The monoisotopic (exact) mass is 451 g/mol. The molecular weight excluding hydrogens is 427 g/mol. The van der Waals surface area contributed by atoms with Crippen molar-refractivity contribution in [3.05, 3.63) is 46.5 Å². The first-order chi connectivity index (χ1) is 15.2. The van der Waals surface area contributed by atoms with Gasteiger partial charge in [0.05, 0.1) is 18.3 Å². The van der Waals surface area contributed by atoms with E-state index in [9.17, 15) is 27.9 Å². The maximum Gasteiger partial charge on any atom is 0.322 e. The number of aromatic nitrogens is 2. The van der Waals surface area contributed by atoms with Crippen LogP contribution in [0.5, 0.6) is 0 Å². The van der Waals surface area contributed by atoms with E-state index in [1.165, 1.54) is 4.90 Å². The van der Waals surface area contributed by atoms with E-state index < -0.39 is 29.6 Å². The Bertz CT molecular complexity index is 1050. The Kier molecular flexibility index (Phi) is 5.85. The van der Waals surface area contributed by atoms with Crippen LogP contribution in [0.2, 0.25) is 0 Å². The summed E-state index contributed by atoms with van der Waals surface area (Å²) >= 11 is 0. The first-order valence-electron chi connectivity index (χ1n) is 10.4. The van der Waals surface area contributed by atoms with Crippen molar-refractivity contribution < 1.29 is 27.9 Å². The number of urea groups is 1. The summed E-state index contributed by atoms with van der Waals surface area (Å²) in [6, 6.07) is 0.777. The lowest BCUT2D eigenvalue weighted by molar-refractivity contribution is 0.0626. The predicted octanol–water partition coefficient (Wildman–Crippen LogP) is 2.36. The van der Waals surface area contributed by atoms with Crippen LogP contribution in [0.25, 0.3) is 0 Å². The van der Waals surface area contributed by atoms with Crippen molar-refractivity contribution in [2.45, 2.75) is 39.0 Å². The van der Waals surface area contributed by atoms with E-state index in [2.05, 4.69) is 10.4 Å². The molecule has 1 aromatic carbocycles. The van der Waals surface area contributed by atoms with Gasteiger partial charge in [-0.2, -0.15) is 5.10 Å². The number of hydrogen-bond donors (Lipinski definition) is 2. The van der Waals surface area contributed by atoms with Crippen molar-refractivity contribution in [1.29, 1.82) is 0 Å². The summed E-state index contributed by atoms with van der Waals surface area (Å²) in [6.07, 6.45) is 0.380. The maximum atomic E-state index is 13.5. The van der Waals surface area contributed by atoms with Gasteiger partial charge in [0.1, 0.15) is 5.69 Å². The van der Waals surface area contributed by atoms with Crippen LogP contribution < -0.4 is 5.32 Å². The molecule has 0 saturated heterocycles. The van der Waals surface area contributed by atoms with E-state index in [0.29, 0.717) is 55.0 Å². The molecule has 0 spiro atoms. The second-order valence-electron chi connectivity index (χ2n) is 8.23. The van der Waals surface area contributed by atoms with Crippen molar-refractivity contribution in [3.8, 4) is 0 Å². The molecule has 0 bridgehead atoms. The average Bonchev–Trinajstić information content (AvgIpc) is 3.06. The van der Waals surface area contributed by atoms with Gasteiger partial charge in [-0.1, -0.05) is 6.92 Å². The van der Waals surface area contributed by atoms with Gasteiger partial charge in [0.15, 0.2) is 17.5 Å². The van der Waals surface area contributed by atoms with Gasteiger partial charge >= 0.3 is 6.03 Å². The predicted molar refractivity (Wildman–Crippen MR) is 108 cm³/mol. The first-order valence-corrected chi connectivity index (χ1v) is 10.4. The summed E-state index contributed by atoms with van der Waals surface area (Å²) < 4.78 is 41.7. The molecule has 3 heterocycles. The number of benzene rings is 1. The van der Waals surface area contributed by atoms with Gasteiger partial charge in [0.25, 0.3) is 5.91 Å². The molecule has 32 heavy (non-hydrogen) atoms. The highest BCUT2D eigenvalue weighted by Gasteiger charge is 2.36. The second-order valence-corrected chi connectivity index (χ2v) is 8.23. The van der Waals surface area contributed by atoms with Gasteiger partial charge < -0.3 is 20.2 Å². The van der Waals surface area contributed by atoms with Crippen molar-refractivity contribution in [2.75, 3.05) is 25.5 Å². The number of aliphatic hydroxyl groups excluding tert-OH is 1. The van der Waals surface area contributed by atoms with Crippen molar-refractivity contribution in [3.63, 3.8) is 0 Å². The number of anilines is 1. The molecule has 2 aromatic rings. The van der Waals surface area contributed by atoms with Gasteiger partial charge in [-0.25, -0.2) is 18.0 Å². The molecule has 3 amide bonds. The van der Waals surface area contributed by atoms with Crippen LogP contribution in [0.3, 0.4) is 0 Å². The third kappa shape index (κ3) is 3.92. The molecule has 0 aliphatic carbocycles. The Hall–Kier alpha value is -3.08. The van der Waals surface area contributed by atoms with E-state index in [1.807, 2.05) is 6.92 Å². The highest BCUT2D eigenvalue weighted by Crippen LogP contribution is 2.28. The fraction of sp³-hybridized carbons (Fsp3) is 0.476. The lowest BCUT2D eigenvalue weighted by Gasteiger charge is -2.27. The Morgan fingerprint density at radius 3 is 2.62 bits per heavy atom. The Morgan fingerprint density at radius 1 is 1.28 bits per heavy atom. The zero-order valence-electron chi connectivity index (χ0n) is 17.7. The van der Waals surface area contributed by atoms with Gasteiger partial charge in [-0.05, 0) is 6.42 Å². The Morgan fingerprint density at radius 2 is 1.97 bits per heavy atom. The third-order valence-electron chi connectivity index (χ3n) is 6.05. The van der Waals surface area contributed by atoms with Crippen molar-refractivity contribution in [1.82, 2.24) is 19.6 Å². The molecule has 8 nitrogen and oxygen atoms in total. The van der Waals surface area contributed by atoms with Gasteiger partial charge in [0, 0.05) is 62.4 Å². The zero-order valence-corrected chi connectivity index (χ0v) is 17.7. The van der Waals surface area contributed by atoms with Crippen molar-refractivity contribution >= 4 is 17.6 Å². The SMILES string of the molecule is CCC(O)C1CN(C)C(=O)c2c3c(nn2C1)CCN(C(=O)Nc1cc(F)c(F)c(F)c1)C3. The smallest absolute Gasteiger partial charge is 0.322 e. The second kappa shape index (κ2) is 8.45. The Labute approximate surface area is 182 Å². The summed E-state index contributed by atoms with van der Waals surface area (Å²) in [5, 5.41) is 17.3. The number of fused-ring (bicyclic) bond motifs is 3. The number of amides is 3. The molecule has 2 unspecified atom stereocenters. The Balaban J connectivity index is 1.57. The number of rotatable bonds is 3. The van der Waals surface area contributed by atoms with Crippen molar-refractivity contribution in [2.24, 2.45) is 5.92 Å². The van der Waals surface area contributed by atoms with Crippen LogP contribution in [0.4, 0.5) is 23.7 Å². The highest BCUT2D eigenvalue weighted by atomic mass is 19.2. The number of carbonyl (C=O) groups excluding carboxylic acids is 2. The largest absolute Gasteiger partial charge is 0.393 e.